The van der Waals surface area contributed by atoms with Gasteiger partial charge in [-0.2, -0.15) is 0 Å². The molecular weight excluding hydrogens is 197 g/mol. The Labute approximate surface area is 85.6 Å². The third kappa shape index (κ3) is 1.66. The summed E-state index contributed by atoms with van der Waals surface area (Å²) in [4.78, 5) is 15.1. The van der Waals surface area contributed by atoms with Gasteiger partial charge in [0.15, 0.2) is 5.78 Å². The monoisotopic (exact) mass is 205 g/mol. The maximum absolute atomic E-state index is 13.5. The van der Waals surface area contributed by atoms with E-state index < -0.39 is 5.82 Å². The van der Waals surface area contributed by atoms with E-state index in [1.54, 1.807) is 6.07 Å². The summed E-state index contributed by atoms with van der Waals surface area (Å²) in [5, 5.41) is 0. The molecule has 15 heavy (non-hydrogen) atoms. The molecule has 0 N–H and O–H groups in total. The highest BCUT2D eigenvalue weighted by molar-refractivity contribution is 5.99. The van der Waals surface area contributed by atoms with Gasteiger partial charge in [-0.15, -0.1) is 0 Å². The lowest BCUT2D eigenvalue weighted by Gasteiger charge is -2.03. The van der Waals surface area contributed by atoms with Gasteiger partial charge in [0.1, 0.15) is 12.1 Å². The molecule has 2 rings (SSSR count). The van der Waals surface area contributed by atoms with Crippen LogP contribution >= 0.6 is 0 Å². The number of hydrogen-bond donors (Lipinski definition) is 0. The molecule has 0 atom stereocenters. The van der Waals surface area contributed by atoms with Crippen LogP contribution in [0.1, 0.15) is 17.3 Å². The summed E-state index contributed by atoms with van der Waals surface area (Å²) in [6, 6.07) is 4.30. The molecule has 0 fully saturated rings. The third-order valence-electron chi connectivity index (χ3n) is 2.04. The molecular formula is C11H8FNO2. The SMILES string of the molecule is CC(=O)c1cccc(F)c1-c1ncco1. The number of benzene rings is 1. The molecule has 0 saturated carbocycles. The van der Waals surface area contributed by atoms with E-state index in [-0.39, 0.29) is 22.8 Å². The highest BCUT2D eigenvalue weighted by Crippen LogP contribution is 2.25. The van der Waals surface area contributed by atoms with E-state index in [1.165, 1.54) is 31.5 Å². The standard InChI is InChI=1S/C11H8FNO2/c1-7(14)8-3-2-4-9(12)10(8)11-13-5-6-15-11/h2-6H,1H3. The zero-order valence-electron chi connectivity index (χ0n) is 8.03. The predicted molar refractivity (Wildman–Crippen MR) is 51.9 cm³/mol. The van der Waals surface area contributed by atoms with Gasteiger partial charge in [-0.3, -0.25) is 4.79 Å². The maximum atomic E-state index is 13.5. The zero-order valence-corrected chi connectivity index (χ0v) is 8.03. The normalized spacial score (nSPS) is 10.3. The second kappa shape index (κ2) is 3.65. The Balaban J connectivity index is 2.68. The predicted octanol–water partition coefficient (Wildman–Crippen LogP) is 2.68. The van der Waals surface area contributed by atoms with Crippen LogP contribution in [0.3, 0.4) is 0 Å². The smallest absolute Gasteiger partial charge is 0.229 e. The number of ketones is 1. The maximum Gasteiger partial charge on any atom is 0.229 e. The fraction of sp³-hybridized carbons (Fsp3) is 0.0909. The molecule has 0 spiro atoms. The summed E-state index contributed by atoms with van der Waals surface area (Å²) in [7, 11) is 0. The van der Waals surface area contributed by atoms with Gasteiger partial charge in [0.2, 0.25) is 5.89 Å². The Morgan fingerprint density at radius 3 is 2.87 bits per heavy atom. The van der Waals surface area contributed by atoms with E-state index in [9.17, 15) is 9.18 Å². The number of rotatable bonds is 2. The second-order valence-corrected chi connectivity index (χ2v) is 3.06. The Bertz CT molecular complexity index is 491. The molecule has 0 aliphatic carbocycles. The highest BCUT2D eigenvalue weighted by Gasteiger charge is 2.16. The van der Waals surface area contributed by atoms with Gasteiger partial charge in [-0.05, 0) is 13.0 Å². The molecule has 2 aromatic rings. The van der Waals surface area contributed by atoms with Crippen molar-refractivity contribution in [3.8, 4) is 11.5 Å². The first-order valence-electron chi connectivity index (χ1n) is 4.39. The summed E-state index contributed by atoms with van der Waals surface area (Å²) in [6.45, 7) is 1.38. The number of aromatic nitrogens is 1. The van der Waals surface area contributed by atoms with Gasteiger partial charge in [0.25, 0.3) is 0 Å². The van der Waals surface area contributed by atoms with Crippen LogP contribution in [0.4, 0.5) is 4.39 Å². The van der Waals surface area contributed by atoms with Crippen molar-refractivity contribution in [2.45, 2.75) is 6.92 Å². The zero-order chi connectivity index (χ0) is 10.8. The lowest BCUT2D eigenvalue weighted by Crippen LogP contribution is -1.98. The quantitative estimate of drug-likeness (QED) is 0.708. The minimum atomic E-state index is -0.509. The minimum Gasteiger partial charge on any atom is -0.444 e. The average molecular weight is 205 g/mol. The Kier molecular flexibility index (Phi) is 2.33. The number of oxazole rings is 1. The molecule has 1 aromatic carbocycles. The minimum absolute atomic E-state index is 0.120. The van der Waals surface area contributed by atoms with E-state index >= 15 is 0 Å². The van der Waals surface area contributed by atoms with Crippen LogP contribution in [0.5, 0.6) is 0 Å². The molecule has 0 amide bonds. The molecule has 3 nitrogen and oxygen atoms in total. The van der Waals surface area contributed by atoms with Gasteiger partial charge in [0.05, 0.1) is 11.8 Å². The highest BCUT2D eigenvalue weighted by atomic mass is 19.1. The van der Waals surface area contributed by atoms with Crippen molar-refractivity contribution < 1.29 is 13.6 Å². The van der Waals surface area contributed by atoms with Crippen molar-refractivity contribution >= 4 is 5.78 Å². The first kappa shape index (κ1) is 9.58. The molecule has 0 radical (unpaired) electrons. The first-order chi connectivity index (χ1) is 7.20. The third-order valence-corrected chi connectivity index (χ3v) is 2.04. The Morgan fingerprint density at radius 2 is 2.27 bits per heavy atom. The molecule has 0 aliphatic heterocycles. The van der Waals surface area contributed by atoms with Gasteiger partial charge >= 0.3 is 0 Å². The molecule has 0 aliphatic rings. The van der Waals surface area contributed by atoms with E-state index in [0.29, 0.717) is 0 Å². The number of carbonyl (C=O) groups excluding carboxylic acids is 1. The van der Waals surface area contributed by atoms with Crippen LogP contribution in [-0.4, -0.2) is 10.8 Å². The molecule has 76 valence electrons. The fourth-order valence-electron chi connectivity index (χ4n) is 1.38. The largest absolute Gasteiger partial charge is 0.444 e. The number of hydrogen-bond acceptors (Lipinski definition) is 3. The topological polar surface area (TPSA) is 43.1 Å². The van der Waals surface area contributed by atoms with Crippen molar-refractivity contribution in [2.75, 3.05) is 0 Å². The second-order valence-electron chi connectivity index (χ2n) is 3.06. The van der Waals surface area contributed by atoms with Crippen LogP contribution in [-0.2, 0) is 0 Å². The number of carbonyl (C=O) groups is 1. The van der Waals surface area contributed by atoms with Crippen LogP contribution in [0, 0.1) is 5.82 Å². The van der Waals surface area contributed by atoms with Gasteiger partial charge in [-0.1, -0.05) is 12.1 Å². The van der Waals surface area contributed by atoms with Crippen LogP contribution in [0.25, 0.3) is 11.5 Å². The van der Waals surface area contributed by atoms with Crippen LogP contribution in [0.15, 0.2) is 35.1 Å². The summed E-state index contributed by atoms with van der Waals surface area (Å²) >= 11 is 0. The summed E-state index contributed by atoms with van der Waals surface area (Å²) in [6.07, 6.45) is 2.75. The van der Waals surface area contributed by atoms with Gasteiger partial charge in [-0.25, -0.2) is 9.37 Å². The summed E-state index contributed by atoms with van der Waals surface area (Å²) in [5.41, 5.74) is 0.396. The molecule has 1 aromatic heterocycles. The molecule has 0 saturated heterocycles. The van der Waals surface area contributed by atoms with E-state index in [2.05, 4.69) is 4.98 Å². The summed E-state index contributed by atoms with van der Waals surface area (Å²) < 4.78 is 18.5. The molecule has 0 unspecified atom stereocenters. The lowest BCUT2D eigenvalue weighted by atomic mass is 10.0. The molecule has 0 bridgehead atoms. The number of halogens is 1. The van der Waals surface area contributed by atoms with Crippen LogP contribution in [0.2, 0.25) is 0 Å². The number of nitrogens with zero attached hydrogens (tertiary/aromatic N) is 1. The Morgan fingerprint density at radius 1 is 1.47 bits per heavy atom. The van der Waals surface area contributed by atoms with Crippen molar-refractivity contribution in [2.24, 2.45) is 0 Å². The summed E-state index contributed by atoms with van der Waals surface area (Å²) in [5.74, 6) is -0.605. The van der Waals surface area contributed by atoms with Crippen LogP contribution < -0.4 is 0 Å². The van der Waals surface area contributed by atoms with Gasteiger partial charge < -0.3 is 4.42 Å². The van der Waals surface area contributed by atoms with E-state index in [1.807, 2.05) is 0 Å². The molecule has 1 heterocycles. The van der Waals surface area contributed by atoms with Crippen molar-refractivity contribution in [3.05, 3.63) is 42.0 Å². The average Bonchev–Trinajstić information content (AvgIpc) is 2.70. The Hall–Kier alpha value is -1.97. The first-order valence-corrected chi connectivity index (χ1v) is 4.39. The van der Waals surface area contributed by atoms with Crippen molar-refractivity contribution in [3.63, 3.8) is 0 Å². The van der Waals surface area contributed by atoms with Crippen molar-refractivity contribution in [1.82, 2.24) is 4.98 Å². The van der Waals surface area contributed by atoms with E-state index in [0.717, 1.165) is 0 Å². The van der Waals surface area contributed by atoms with Gasteiger partial charge in [0, 0.05) is 5.56 Å². The fourth-order valence-corrected chi connectivity index (χ4v) is 1.38. The van der Waals surface area contributed by atoms with E-state index in [4.69, 9.17) is 4.42 Å². The van der Waals surface area contributed by atoms with Crippen molar-refractivity contribution in [1.29, 1.82) is 0 Å². The number of Topliss-reactive ketones (excluding diaryl/α,β-unsaturated/α-hetero) is 1. The lowest BCUT2D eigenvalue weighted by molar-refractivity contribution is 0.101. The molecule has 4 heteroatoms.